The zero-order valence-electron chi connectivity index (χ0n) is 28.2. The van der Waals surface area contributed by atoms with Crippen molar-refractivity contribution >= 4 is 11.9 Å². The van der Waals surface area contributed by atoms with Crippen molar-refractivity contribution in [1.82, 2.24) is 0 Å². The minimum atomic E-state index is -5.78. The van der Waals surface area contributed by atoms with Gasteiger partial charge in [-0.1, -0.05) is 27.7 Å². The van der Waals surface area contributed by atoms with Gasteiger partial charge in [0.2, 0.25) is 0 Å². The summed E-state index contributed by atoms with van der Waals surface area (Å²) in [6.07, 6.45) is -6.24. The molecule has 0 radical (unpaired) electrons. The lowest BCUT2D eigenvalue weighted by Gasteiger charge is -2.60. The van der Waals surface area contributed by atoms with Crippen molar-refractivity contribution in [2.75, 3.05) is 13.2 Å². The topological polar surface area (TPSA) is 123 Å². The van der Waals surface area contributed by atoms with Gasteiger partial charge in [0.05, 0.1) is 30.7 Å². The molecule has 0 amide bonds. The predicted octanol–water partition coefficient (Wildman–Crippen LogP) is 6.27. The molecule has 48 heavy (non-hydrogen) atoms. The first kappa shape index (κ1) is 39.2. The van der Waals surface area contributed by atoms with E-state index in [1.807, 2.05) is 20.8 Å². The number of carbonyl (C=O) groups excluding carboxylic acids is 2. The van der Waals surface area contributed by atoms with Crippen LogP contribution in [0.25, 0.3) is 0 Å². The number of ether oxygens (including phenoxy) is 3. The molecule has 0 aromatic heterocycles. The van der Waals surface area contributed by atoms with E-state index in [0.717, 1.165) is 38.5 Å². The first-order chi connectivity index (χ1) is 22.2. The van der Waals surface area contributed by atoms with Crippen molar-refractivity contribution in [2.45, 2.75) is 146 Å². The summed E-state index contributed by atoms with van der Waals surface area (Å²) in [6, 6.07) is 0. The number of aliphatic hydroxyl groups is 3. The fourth-order valence-electron chi connectivity index (χ4n) is 9.13. The Morgan fingerprint density at radius 3 is 1.83 bits per heavy atom. The van der Waals surface area contributed by atoms with Gasteiger partial charge in [0.15, 0.2) is 0 Å². The third-order valence-electron chi connectivity index (χ3n) is 11.8. The fourth-order valence-corrected chi connectivity index (χ4v) is 9.13. The second-order valence-corrected chi connectivity index (χ2v) is 15.5. The number of halogens is 6. The van der Waals surface area contributed by atoms with Crippen LogP contribution in [0.4, 0.5) is 26.3 Å². The van der Waals surface area contributed by atoms with Crippen molar-refractivity contribution in [3.8, 4) is 0 Å². The monoisotopic (exact) mass is 702 g/mol. The van der Waals surface area contributed by atoms with E-state index in [9.17, 15) is 46.1 Å². The van der Waals surface area contributed by atoms with Crippen LogP contribution in [-0.4, -0.2) is 81.8 Å². The van der Waals surface area contributed by atoms with E-state index in [4.69, 9.17) is 19.3 Å². The molecule has 278 valence electrons. The number of hydrogen-bond acceptors (Lipinski definition) is 8. The molecule has 0 heterocycles. The largest absolute Gasteiger partial charge is 0.462 e. The average Bonchev–Trinajstić information content (AvgIpc) is 3.57. The number of rotatable bonds is 12. The fraction of sp³-hybridized carbons (Fsp3) is 0.941. The summed E-state index contributed by atoms with van der Waals surface area (Å²) in [7, 11) is 0. The Kier molecular flexibility index (Phi) is 11.9. The Hall–Kier alpha value is -1.64. The van der Waals surface area contributed by atoms with E-state index in [1.165, 1.54) is 6.42 Å². The van der Waals surface area contributed by atoms with Gasteiger partial charge < -0.3 is 29.5 Å². The standard InChI is InChI=1S/C18H30O5.C16H22F6O3/c1-3-12(2)16(21)23-18-7-13-4-14(8-18)6-17(5-13,11-18)22-10-15(20)9-19;1-3-8(2)13(23)25-12-6-9-4-10(12)5-11(9)7-14(24,15(17,18)19)16(20,21)22/h12-15,19-20H,3-11H2,1-2H3;8-12,24H,3-7H2,1-2H3. The highest BCUT2D eigenvalue weighted by molar-refractivity contribution is 5.72. The van der Waals surface area contributed by atoms with E-state index < -0.39 is 54.4 Å². The van der Waals surface area contributed by atoms with Crippen LogP contribution in [0.1, 0.15) is 105 Å². The third kappa shape index (κ3) is 8.28. The van der Waals surface area contributed by atoms with Crippen molar-refractivity contribution in [2.24, 2.45) is 41.4 Å². The molecule has 0 spiro atoms. The third-order valence-corrected chi connectivity index (χ3v) is 11.8. The molecule has 6 aliphatic carbocycles. The van der Waals surface area contributed by atoms with Gasteiger partial charge in [-0.3, -0.25) is 9.59 Å². The average molecular weight is 703 g/mol. The predicted molar refractivity (Wildman–Crippen MR) is 160 cm³/mol. The SMILES string of the molecule is CCC(C)C(=O)OC12CC3CC(CC(OCC(O)CO)(C3)C1)C2.CCC(C)C(=O)OC1CC2CC1CC2CC(O)(C(F)(F)F)C(F)(F)F. The van der Waals surface area contributed by atoms with Crippen LogP contribution in [0.3, 0.4) is 0 Å². The van der Waals surface area contributed by atoms with Gasteiger partial charge in [-0.05, 0) is 100 Å². The Morgan fingerprint density at radius 2 is 1.35 bits per heavy atom. The summed E-state index contributed by atoms with van der Waals surface area (Å²) in [5.74, 6) is -1.27. The van der Waals surface area contributed by atoms with Gasteiger partial charge in [-0.2, -0.15) is 26.3 Å². The van der Waals surface area contributed by atoms with Crippen molar-refractivity contribution < 1.29 is 65.5 Å². The van der Waals surface area contributed by atoms with Crippen LogP contribution in [0, 0.1) is 41.4 Å². The van der Waals surface area contributed by atoms with Gasteiger partial charge in [0, 0.05) is 6.42 Å². The van der Waals surface area contributed by atoms with Gasteiger partial charge in [-0.25, -0.2) is 0 Å². The van der Waals surface area contributed by atoms with E-state index in [0.29, 0.717) is 24.7 Å². The molecule has 6 aliphatic rings. The number of carbonyl (C=O) groups is 2. The van der Waals surface area contributed by atoms with Crippen LogP contribution in [0.2, 0.25) is 0 Å². The summed E-state index contributed by atoms with van der Waals surface area (Å²) >= 11 is 0. The van der Waals surface area contributed by atoms with Crippen LogP contribution < -0.4 is 0 Å². The summed E-state index contributed by atoms with van der Waals surface area (Å²) < 4.78 is 94.5. The Morgan fingerprint density at radius 1 is 0.812 bits per heavy atom. The Labute approximate surface area is 278 Å². The number of aliphatic hydroxyl groups excluding tert-OH is 2. The molecule has 0 aromatic carbocycles. The van der Waals surface area contributed by atoms with E-state index in [-0.39, 0.29) is 61.0 Å². The number of alkyl halides is 6. The quantitative estimate of drug-likeness (QED) is 0.161. The Balaban J connectivity index is 0.000000217. The zero-order valence-corrected chi connectivity index (χ0v) is 28.2. The minimum Gasteiger partial charge on any atom is -0.462 e. The van der Waals surface area contributed by atoms with Crippen molar-refractivity contribution in [1.29, 1.82) is 0 Å². The minimum absolute atomic E-state index is 0.0592. The van der Waals surface area contributed by atoms with Crippen molar-refractivity contribution in [3.05, 3.63) is 0 Å². The molecule has 14 heteroatoms. The van der Waals surface area contributed by atoms with E-state index in [1.54, 1.807) is 6.92 Å². The Bertz CT molecular complexity index is 1100. The highest BCUT2D eigenvalue weighted by Gasteiger charge is 2.71. The first-order valence-electron chi connectivity index (χ1n) is 17.4. The molecular formula is C34H52F6O8. The highest BCUT2D eigenvalue weighted by Crippen LogP contribution is 2.60. The molecule has 0 saturated heterocycles. The number of fused-ring (bicyclic) bond motifs is 2. The zero-order chi connectivity index (χ0) is 35.9. The molecule has 6 saturated carbocycles. The first-order valence-corrected chi connectivity index (χ1v) is 17.4. The molecule has 6 bridgehead atoms. The summed E-state index contributed by atoms with van der Waals surface area (Å²) in [5.41, 5.74) is -5.34. The lowest BCUT2D eigenvalue weighted by Crippen LogP contribution is -2.62. The van der Waals surface area contributed by atoms with Crippen LogP contribution >= 0.6 is 0 Å². The molecule has 9 unspecified atom stereocenters. The maximum atomic E-state index is 12.8. The second kappa shape index (κ2) is 14.5. The normalized spacial score (nSPS) is 35.9. The summed E-state index contributed by atoms with van der Waals surface area (Å²) in [6.45, 7) is 7.32. The summed E-state index contributed by atoms with van der Waals surface area (Å²) in [4.78, 5) is 24.2. The maximum Gasteiger partial charge on any atom is 0.426 e. The number of hydrogen-bond donors (Lipinski definition) is 3. The highest BCUT2D eigenvalue weighted by atomic mass is 19.4. The van der Waals surface area contributed by atoms with Crippen LogP contribution in [0.15, 0.2) is 0 Å². The molecule has 0 aliphatic heterocycles. The van der Waals surface area contributed by atoms with Crippen LogP contribution in [0.5, 0.6) is 0 Å². The van der Waals surface area contributed by atoms with Gasteiger partial charge >= 0.3 is 24.3 Å². The maximum absolute atomic E-state index is 12.8. The second-order valence-electron chi connectivity index (χ2n) is 15.5. The van der Waals surface area contributed by atoms with E-state index >= 15 is 0 Å². The molecule has 8 nitrogen and oxygen atoms in total. The molecular weight excluding hydrogens is 650 g/mol. The smallest absolute Gasteiger partial charge is 0.426 e. The summed E-state index contributed by atoms with van der Waals surface area (Å²) in [5, 5.41) is 28.0. The van der Waals surface area contributed by atoms with E-state index in [2.05, 4.69) is 0 Å². The molecule has 0 aromatic rings. The molecule has 3 N–H and O–H groups in total. The van der Waals surface area contributed by atoms with Crippen molar-refractivity contribution in [3.63, 3.8) is 0 Å². The van der Waals surface area contributed by atoms with Gasteiger partial charge in [-0.15, -0.1) is 0 Å². The number of esters is 2. The molecule has 6 fully saturated rings. The lowest BCUT2D eigenvalue weighted by molar-refractivity contribution is -0.373. The van der Waals surface area contributed by atoms with Gasteiger partial charge in [0.25, 0.3) is 5.60 Å². The molecule has 9 atom stereocenters. The molecule has 6 rings (SSSR count). The van der Waals surface area contributed by atoms with Gasteiger partial charge in [0.1, 0.15) is 17.8 Å². The van der Waals surface area contributed by atoms with Crippen LogP contribution in [-0.2, 0) is 23.8 Å². The lowest BCUT2D eigenvalue weighted by atomic mass is 9.52.